The van der Waals surface area contributed by atoms with Crippen LogP contribution in [0.25, 0.3) is 10.9 Å². The second-order valence-electron chi connectivity index (χ2n) is 4.43. The molecule has 1 aromatic carbocycles. The van der Waals surface area contributed by atoms with Gasteiger partial charge < -0.3 is 5.73 Å². The Balaban J connectivity index is 2.08. The van der Waals surface area contributed by atoms with Crippen molar-refractivity contribution in [1.82, 2.24) is 14.8 Å². The number of aromatic nitrogens is 3. The molecule has 4 nitrogen and oxygen atoms in total. The lowest BCUT2D eigenvalue weighted by molar-refractivity contribution is 0.691. The van der Waals surface area contributed by atoms with Crippen LogP contribution in [0.3, 0.4) is 0 Å². The van der Waals surface area contributed by atoms with Crippen molar-refractivity contribution in [2.75, 3.05) is 5.73 Å². The van der Waals surface area contributed by atoms with Crippen molar-refractivity contribution in [3.8, 4) is 0 Å². The molecule has 0 saturated carbocycles. The maximum Gasteiger partial charge on any atom is 0.136 e. The maximum absolute atomic E-state index is 6.03. The molecule has 5 heteroatoms. The van der Waals surface area contributed by atoms with Crippen LogP contribution < -0.4 is 5.73 Å². The predicted octanol–water partition coefficient (Wildman–Crippen LogP) is 3.13. The number of para-hydroxylation sites is 1. The number of nitrogens with two attached hydrogens (primary N) is 1. The van der Waals surface area contributed by atoms with Crippen LogP contribution in [0, 0.1) is 6.92 Å². The van der Waals surface area contributed by atoms with Gasteiger partial charge in [-0.25, -0.2) is 4.68 Å². The molecule has 0 saturated heterocycles. The van der Waals surface area contributed by atoms with E-state index < -0.39 is 0 Å². The number of hydrogen-bond acceptors (Lipinski definition) is 3. The number of nitrogen functional groups attached to an aromatic ring is 1. The summed E-state index contributed by atoms with van der Waals surface area (Å²) in [6, 6.07) is 10.1. The van der Waals surface area contributed by atoms with E-state index in [-0.39, 0.29) is 0 Å². The van der Waals surface area contributed by atoms with Crippen LogP contribution in [-0.2, 0) is 6.54 Å². The largest absolute Gasteiger partial charge is 0.383 e. The van der Waals surface area contributed by atoms with Crippen LogP contribution in [-0.4, -0.2) is 14.8 Å². The molecule has 2 aromatic heterocycles. The van der Waals surface area contributed by atoms with Gasteiger partial charge in [0, 0.05) is 11.6 Å². The Morgan fingerprint density at radius 2 is 2.05 bits per heavy atom. The summed E-state index contributed by atoms with van der Waals surface area (Å²) in [5.41, 5.74) is 9.03. The second kappa shape index (κ2) is 4.66. The van der Waals surface area contributed by atoms with Gasteiger partial charge in [-0.05, 0) is 34.5 Å². The van der Waals surface area contributed by atoms with Crippen molar-refractivity contribution >= 4 is 32.7 Å². The van der Waals surface area contributed by atoms with E-state index in [0.717, 1.165) is 26.6 Å². The molecule has 0 bridgehead atoms. The van der Waals surface area contributed by atoms with Crippen molar-refractivity contribution in [1.29, 1.82) is 0 Å². The van der Waals surface area contributed by atoms with Crippen molar-refractivity contribution in [2.24, 2.45) is 0 Å². The zero-order chi connectivity index (χ0) is 13.4. The van der Waals surface area contributed by atoms with Crippen LogP contribution >= 0.6 is 15.9 Å². The standard InChI is InChI=1S/C14H13BrN4/c1-9-12(15)14(16)19(18-9)8-11-5-2-4-10-6-3-7-17-13(10)11/h2-7H,8,16H2,1H3. The fourth-order valence-corrected chi connectivity index (χ4v) is 2.44. The van der Waals surface area contributed by atoms with E-state index in [1.807, 2.05) is 19.1 Å². The third-order valence-corrected chi connectivity index (χ3v) is 4.11. The molecular formula is C14H13BrN4. The van der Waals surface area contributed by atoms with Crippen molar-refractivity contribution in [2.45, 2.75) is 13.5 Å². The van der Waals surface area contributed by atoms with Crippen LogP contribution in [0.2, 0.25) is 0 Å². The smallest absolute Gasteiger partial charge is 0.136 e. The fraction of sp³-hybridized carbons (Fsp3) is 0.143. The summed E-state index contributed by atoms with van der Waals surface area (Å²) in [5, 5.41) is 5.56. The highest BCUT2D eigenvalue weighted by molar-refractivity contribution is 9.10. The second-order valence-corrected chi connectivity index (χ2v) is 5.23. The maximum atomic E-state index is 6.03. The highest BCUT2D eigenvalue weighted by Crippen LogP contribution is 2.25. The molecule has 0 spiro atoms. The SMILES string of the molecule is Cc1nn(Cc2cccc3cccnc23)c(N)c1Br. The molecule has 0 aliphatic carbocycles. The average molecular weight is 317 g/mol. The van der Waals surface area contributed by atoms with Gasteiger partial charge >= 0.3 is 0 Å². The van der Waals surface area contributed by atoms with E-state index in [1.165, 1.54) is 0 Å². The molecular weight excluding hydrogens is 304 g/mol. The van der Waals surface area contributed by atoms with Gasteiger partial charge in [-0.2, -0.15) is 5.10 Å². The highest BCUT2D eigenvalue weighted by atomic mass is 79.9. The molecule has 2 N–H and O–H groups in total. The quantitative estimate of drug-likeness (QED) is 0.790. The van der Waals surface area contributed by atoms with Crippen LogP contribution in [0.5, 0.6) is 0 Å². The van der Waals surface area contributed by atoms with E-state index in [0.29, 0.717) is 12.4 Å². The van der Waals surface area contributed by atoms with Crippen molar-refractivity contribution in [3.63, 3.8) is 0 Å². The Kier molecular flexibility index (Phi) is 2.98. The van der Waals surface area contributed by atoms with Gasteiger partial charge in [-0.15, -0.1) is 0 Å². The lowest BCUT2D eigenvalue weighted by Gasteiger charge is -2.07. The average Bonchev–Trinajstić information content (AvgIpc) is 2.67. The van der Waals surface area contributed by atoms with Crippen molar-refractivity contribution in [3.05, 3.63) is 52.3 Å². The molecule has 3 rings (SSSR count). The Labute approximate surface area is 119 Å². The number of pyridine rings is 1. The molecule has 0 aliphatic rings. The highest BCUT2D eigenvalue weighted by Gasteiger charge is 2.11. The number of aryl methyl sites for hydroxylation is 1. The molecule has 0 fully saturated rings. The van der Waals surface area contributed by atoms with Crippen LogP contribution in [0.15, 0.2) is 41.0 Å². The zero-order valence-electron chi connectivity index (χ0n) is 10.5. The number of halogens is 1. The van der Waals surface area contributed by atoms with E-state index in [2.05, 4.69) is 44.2 Å². The fourth-order valence-electron chi connectivity index (χ4n) is 2.15. The predicted molar refractivity (Wildman–Crippen MR) is 79.9 cm³/mol. The summed E-state index contributed by atoms with van der Waals surface area (Å²) >= 11 is 3.44. The number of rotatable bonds is 2. The molecule has 0 radical (unpaired) electrons. The Morgan fingerprint density at radius 3 is 2.79 bits per heavy atom. The first kappa shape index (κ1) is 12.2. The summed E-state index contributed by atoms with van der Waals surface area (Å²) in [6.45, 7) is 2.55. The summed E-state index contributed by atoms with van der Waals surface area (Å²) in [5.74, 6) is 0.644. The molecule has 3 aromatic rings. The zero-order valence-corrected chi connectivity index (χ0v) is 12.1. The van der Waals surface area contributed by atoms with Gasteiger partial charge in [0.05, 0.1) is 22.2 Å². The number of hydrogen-bond donors (Lipinski definition) is 1. The molecule has 0 atom stereocenters. The van der Waals surface area contributed by atoms with E-state index >= 15 is 0 Å². The van der Waals surface area contributed by atoms with Gasteiger partial charge in [0.25, 0.3) is 0 Å². The van der Waals surface area contributed by atoms with Gasteiger partial charge in [-0.3, -0.25) is 4.98 Å². The normalized spacial score (nSPS) is 11.1. The van der Waals surface area contributed by atoms with Gasteiger partial charge in [-0.1, -0.05) is 24.3 Å². The number of anilines is 1. The monoisotopic (exact) mass is 316 g/mol. The molecule has 19 heavy (non-hydrogen) atoms. The third-order valence-electron chi connectivity index (χ3n) is 3.13. The minimum absolute atomic E-state index is 0.618. The van der Waals surface area contributed by atoms with Crippen molar-refractivity contribution < 1.29 is 0 Å². The Bertz CT molecular complexity index is 743. The van der Waals surface area contributed by atoms with Crippen LogP contribution in [0.1, 0.15) is 11.3 Å². The van der Waals surface area contributed by atoms with Gasteiger partial charge in [0.2, 0.25) is 0 Å². The topological polar surface area (TPSA) is 56.7 Å². The first-order valence-corrected chi connectivity index (χ1v) is 6.77. The van der Waals surface area contributed by atoms with Gasteiger partial charge in [0.1, 0.15) is 5.82 Å². The Hall–Kier alpha value is -1.88. The third kappa shape index (κ3) is 2.10. The number of benzene rings is 1. The molecule has 2 heterocycles. The van der Waals surface area contributed by atoms with E-state index in [1.54, 1.807) is 10.9 Å². The summed E-state index contributed by atoms with van der Waals surface area (Å²) in [7, 11) is 0. The molecule has 96 valence electrons. The number of fused-ring (bicyclic) bond motifs is 1. The lowest BCUT2D eigenvalue weighted by atomic mass is 10.1. The minimum atomic E-state index is 0.618. The lowest BCUT2D eigenvalue weighted by Crippen LogP contribution is -2.06. The molecule has 0 aliphatic heterocycles. The summed E-state index contributed by atoms with van der Waals surface area (Å²) < 4.78 is 2.66. The first-order chi connectivity index (χ1) is 9.16. The van der Waals surface area contributed by atoms with Gasteiger partial charge in [0.15, 0.2) is 0 Å². The molecule has 0 unspecified atom stereocenters. The molecule has 0 amide bonds. The summed E-state index contributed by atoms with van der Waals surface area (Å²) in [6.07, 6.45) is 1.81. The minimum Gasteiger partial charge on any atom is -0.383 e. The first-order valence-electron chi connectivity index (χ1n) is 5.98. The Morgan fingerprint density at radius 1 is 1.26 bits per heavy atom. The van der Waals surface area contributed by atoms with E-state index in [9.17, 15) is 0 Å². The summed E-state index contributed by atoms with van der Waals surface area (Å²) in [4.78, 5) is 4.44. The number of nitrogens with zero attached hydrogens (tertiary/aromatic N) is 3. The van der Waals surface area contributed by atoms with Crippen LogP contribution in [0.4, 0.5) is 5.82 Å². The van der Waals surface area contributed by atoms with E-state index in [4.69, 9.17) is 5.73 Å².